The van der Waals surface area contributed by atoms with Crippen LogP contribution < -0.4 is 27.3 Å². The Labute approximate surface area is 199 Å². The average Bonchev–Trinajstić information content (AvgIpc) is 3.33. The Kier molecular flexibility index (Phi) is 6.41. The number of oxazole rings is 1. The SMILES string of the molecule is Cn1c(=O)oc2cc(NC(/C=C(\N)C3CCC(Oc4ccc(N)cc4)C3)=NC(C)(C)C)ccc21. The summed E-state index contributed by atoms with van der Waals surface area (Å²) in [5, 5.41) is 3.35. The maximum atomic E-state index is 11.8. The van der Waals surface area contributed by atoms with E-state index >= 15 is 0 Å². The van der Waals surface area contributed by atoms with E-state index in [0.717, 1.165) is 47.6 Å². The average molecular weight is 464 g/mol. The summed E-state index contributed by atoms with van der Waals surface area (Å²) in [5.74, 6) is 1.30. The molecule has 5 N–H and O–H groups in total. The molecule has 1 aliphatic carbocycles. The molecule has 1 aliphatic rings. The lowest BCUT2D eigenvalue weighted by Crippen LogP contribution is -2.21. The van der Waals surface area contributed by atoms with Crippen molar-refractivity contribution in [2.75, 3.05) is 11.1 Å². The number of benzene rings is 2. The van der Waals surface area contributed by atoms with E-state index in [0.29, 0.717) is 11.4 Å². The topological polar surface area (TPSA) is 121 Å². The number of amidine groups is 1. The van der Waals surface area contributed by atoms with Crippen molar-refractivity contribution in [3.8, 4) is 5.75 Å². The molecule has 4 rings (SSSR count). The van der Waals surface area contributed by atoms with Crippen molar-refractivity contribution in [3.05, 3.63) is 64.8 Å². The van der Waals surface area contributed by atoms with Crippen LogP contribution in [0.2, 0.25) is 0 Å². The Morgan fingerprint density at radius 3 is 2.65 bits per heavy atom. The summed E-state index contributed by atoms with van der Waals surface area (Å²) in [4.78, 5) is 16.6. The van der Waals surface area contributed by atoms with Crippen molar-refractivity contribution in [3.63, 3.8) is 0 Å². The van der Waals surface area contributed by atoms with E-state index in [1.54, 1.807) is 13.1 Å². The molecular formula is C26H33N5O3. The van der Waals surface area contributed by atoms with Crippen molar-refractivity contribution in [2.24, 2.45) is 23.7 Å². The lowest BCUT2D eigenvalue weighted by Gasteiger charge is -2.18. The third kappa shape index (κ3) is 5.62. The second-order valence-electron chi connectivity index (χ2n) is 9.87. The van der Waals surface area contributed by atoms with Gasteiger partial charge in [-0.05, 0) is 82.5 Å². The Bertz CT molecular complexity index is 1280. The molecule has 2 aromatic carbocycles. The second-order valence-corrected chi connectivity index (χ2v) is 9.87. The number of nitrogens with one attached hydrogen (secondary N) is 1. The first-order valence-electron chi connectivity index (χ1n) is 11.5. The highest BCUT2D eigenvalue weighted by atomic mass is 16.5. The molecule has 8 heteroatoms. The number of aliphatic imine (C=N–C) groups is 1. The summed E-state index contributed by atoms with van der Waals surface area (Å²) in [7, 11) is 1.68. The predicted molar refractivity (Wildman–Crippen MR) is 137 cm³/mol. The number of hydrogen-bond donors (Lipinski definition) is 3. The van der Waals surface area contributed by atoms with Gasteiger partial charge in [0.1, 0.15) is 11.6 Å². The highest BCUT2D eigenvalue weighted by molar-refractivity contribution is 6.05. The third-order valence-electron chi connectivity index (χ3n) is 5.86. The molecular weight excluding hydrogens is 430 g/mol. The molecule has 2 unspecified atom stereocenters. The number of ether oxygens (including phenoxy) is 1. The van der Waals surface area contributed by atoms with Crippen LogP contribution in [0.3, 0.4) is 0 Å². The Morgan fingerprint density at radius 2 is 1.94 bits per heavy atom. The monoisotopic (exact) mass is 463 g/mol. The molecule has 1 heterocycles. The summed E-state index contributed by atoms with van der Waals surface area (Å²) in [6.07, 6.45) is 4.75. The van der Waals surface area contributed by atoms with Crippen LogP contribution in [-0.2, 0) is 7.05 Å². The first-order valence-corrected chi connectivity index (χ1v) is 11.5. The fourth-order valence-electron chi connectivity index (χ4n) is 4.18. The minimum atomic E-state index is -0.392. The maximum Gasteiger partial charge on any atom is 0.419 e. The standard InChI is InChI=1S/C26H33N5O3/c1-26(2,3)30-24(29-18-8-12-22-23(14-18)34-25(32)31(22)4)15-21(28)16-5-9-20(13-16)33-19-10-6-17(27)7-11-19/h6-8,10-12,14-16,20H,5,9,13,27-28H2,1-4H3,(H,29,30)/b21-15-. The molecule has 0 amide bonds. The molecule has 0 saturated heterocycles. The lowest BCUT2D eigenvalue weighted by atomic mass is 10.0. The van der Waals surface area contributed by atoms with Gasteiger partial charge in [-0.25, -0.2) is 4.79 Å². The van der Waals surface area contributed by atoms with Crippen molar-refractivity contribution >= 4 is 28.3 Å². The number of rotatable bonds is 5. The smallest absolute Gasteiger partial charge is 0.419 e. The van der Waals surface area contributed by atoms with Gasteiger partial charge in [0.2, 0.25) is 0 Å². The van der Waals surface area contributed by atoms with E-state index in [-0.39, 0.29) is 17.6 Å². The van der Waals surface area contributed by atoms with Crippen LogP contribution in [0.4, 0.5) is 11.4 Å². The number of hydrogen-bond acceptors (Lipinski definition) is 6. The molecule has 180 valence electrons. The van der Waals surface area contributed by atoms with Crippen molar-refractivity contribution in [1.29, 1.82) is 0 Å². The van der Waals surface area contributed by atoms with Crippen LogP contribution >= 0.6 is 0 Å². The van der Waals surface area contributed by atoms with Gasteiger partial charge in [0.05, 0.1) is 17.2 Å². The maximum absolute atomic E-state index is 11.8. The zero-order valence-corrected chi connectivity index (χ0v) is 20.2. The first kappa shape index (κ1) is 23.5. The lowest BCUT2D eigenvalue weighted by molar-refractivity contribution is 0.206. The fraction of sp³-hybridized carbons (Fsp3) is 0.385. The molecule has 1 saturated carbocycles. The van der Waals surface area contributed by atoms with Crippen LogP contribution in [-0.4, -0.2) is 22.0 Å². The Morgan fingerprint density at radius 1 is 1.21 bits per heavy atom. The molecule has 3 aromatic rings. The molecule has 34 heavy (non-hydrogen) atoms. The number of nitrogens with zero attached hydrogens (tertiary/aromatic N) is 2. The van der Waals surface area contributed by atoms with E-state index in [1.807, 2.05) is 63.2 Å². The summed E-state index contributed by atoms with van der Waals surface area (Å²) >= 11 is 0. The van der Waals surface area contributed by atoms with Crippen LogP contribution in [0.5, 0.6) is 5.75 Å². The van der Waals surface area contributed by atoms with Gasteiger partial charge < -0.3 is 25.9 Å². The van der Waals surface area contributed by atoms with E-state index in [4.69, 9.17) is 25.6 Å². The summed E-state index contributed by atoms with van der Waals surface area (Å²) in [6, 6.07) is 13.0. The molecule has 1 fully saturated rings. The van der Waals surface area contributed by atoms with E-state index in [9.17, 15) is 4.79 Å². The van der Waals surface area contributed by atoms with Crippen molar-refractivity contribution in [2.45, 2.75) is 51.7 Å². The van der Waals surface area contributed by atoms with E-state index in [2.05, 4.69) is 5.32 Å². The van der Waals surface area contributed by atoms with Crippen LogP contribution in [0, 0.1) is 5.92 Å². The largest absolute Gasteiger partial charge is 0.490 e. The van der Waals surface area contributed by atoms with Gasteiger partial charge in [-0.1, -0.05) is 0 Å². The fourth-order valence-corrected chi connectivity index (χ4v) is 4.18. The van der Waals surface area contributed by atoms with Gasteiger partial charge in [-0.2, -0.15) is 0 Å². The van der Waals surface area contributed by atoms with Gasteiger partial charge in [0.15, 0.2) is 5.58 Å². The highest BCUT2D eigenvalue weighted by Gasteiger charge is 2.28. The normalized spacial score (nSPS) is 19.5. The quantitative estimate of drug-likeness (QED) is 0.293. The van der Waals surface area contributed by atoms with Crippen molar-refractivity contribution < 1.29 is 9.15 Å². The van der Waals surface area contributed by atoms with E-state index in [1.165, 1.54) is 4.57 Å². The van der Waals surface area contributed by atoms with Crippen molar-refractivity contribution in [1.82, 2.24) is 4.57 Å². The number of anilines is 2. The van der Waals surface area contributed by atoms with Gasteiger partial charge in [0, 0.05) is 36.1 Å². The second kappa shape index (κ2) is 9.29. The molecule has 0 bridgehead atoms. The zero-order valence-electron chi connectivity index (χ0n) is 20.2. The minimum Gasteiger partial charge on any atom is -0.490 e. The molecule has 8 nitrogen and oxygen atoms in total. The number of nitrogen functional groups attached to an aromatic ring is 1. The Hall–Kier alpha value is -3.68. The summed E-state index contributed by atoms with van der Waals surface area (Å²) in [5.41, 5.74) is 15.5. The number of allylic oxidation sites excluding steroid dienone is 1. The summed E-state index contributed by atoms with van der Waals surface area (Å²) in [6.45, 7) is 6.10. The van der Waals surface area contributed by atoms with Crippen LogP contribution in [0.25, 0.3) is 11.1 Å². The molecule has 0 aliphatic heterocycles. The molecule has 0 radical (unpaired) electrons. The molecule has 2 atom stereocenters. The van der Waals surface area contributed by atoms with E-state index < -0.39 is 5.76 Å². The molecule has 1 aromatic heterocycles. The Balaban J connectivity index is 1.50. The van der Waals surface area contributed by atoms with Gasteiger partial charge in [-0.3, -0.25) is 9.56 Å². The number of nitrogens with two attached hydrogens (primary N) is 2. The van der Waals surface area contributed by atoms with Crippen LogP contribution in [0.1, 0.15) is 40.0 Å². The highest BCUT2D eigenvalue weighted by Crippen LogP contribution is 2.32. The number of aryl methyl sites for hydroxylation is 1. The number of fused-ring (bicyclic) bond motifs is 1. The van der Waals surface area contributed by atoms with Gasteiger partial charge >= 0.3 is 5.76 Å². The first-order chi connectivity index (χ1) is 16.1. The third-order valence-corrected chi connectivity index (χ3v) is 5.86. The van der Waals surface area contributed by atoms with Gasteiger partial charge in [-0.15, -0.1) is 0 Å². The zero-order chi connectivity index (χ0) is 24.5. The summed E-state index contributed by atoms with van der Waals surface area (Å²) < 4.78 is 12.9. The van der Waals surface area contributed by atoms with Gasteiger partial charge in [0.25, 0.3) is 0 Å². The number of aromatic nitrogens is 1. The van der Waals surface area contributed by atoms with Crippen LogP contribution in [0.15, 0.2) is 68.4 Å². The molecule has 0 spiro atoms. The predicted octanol–water partition coefficient (Wildman–Crippen LogP) is 4.41. The minimum absolute atomic E-state index is 0.111.